The van der Waals surface area contributed by atoms with Crippen LogP contribution in [0.3, 0.4) is 0 Å². The molecule has 1 aliphatic carbocycles. The second-order valence-electron chi connectivity index (χ2n) is 9.25. The van der Waals surface area contributed by atoms with Crippen LogP contribution in [0.25, 0.3) is 0 Å². The van der Waals surface area contributed by atoms with Gasteiger partial charge in [-0.1, -0.05) is 43.8 Å². The molecule has 1 aromatic carbocycles. The summed E-state index contributed by atoms with van der Waals surface area (Å²) >= 11 is 2.87. The number of allylic oxidation sites excluding steroid dienone is 2. The fraction of sp³-hybridized carbons (Fsp3) is 0.292. The fourth-order valence-electron chi connectivity index (χ4n) is 4.57. The van der Waals surface area contributed by atoms with Crippen molar-refractivity contribution >= 4 is 40.4 Å². The van der Waals surface area contributed by atoms with Crippen LogP contribution in [0.2, 0.25) is 0 Å². The number of non-ortho nitro benzene ring substituents is 1. The van der Waals surface area contributed by atoms with Gasteiger partial charge in [0.15, 0.2) is 10.9 Å². The number of thiophene rings is 1. The molecule has 5 rings (SSSR count). The predicted octanol–water partition coefficient (Wildman–Crippen LogP) is 5.23. The SMILES string of the molecule is CC1(C)CC(=O)C2=C(C1)Nc1nc(SCc3ccc([N+](=O)[O-])cc3)[nH]c(=O)c1[C@@H]2c1cccs1. The summed E-state index contributed by atoms with van der Waals surface area (Å²) in [4.78, 5) is 45.4. The predicted molar refractivity (Wildman–Crippen MR) is 132 cm³/mol. The second-order valence-corrected chi connectivity index (χ2v) is 11.2. The lowest BCUT2D eigenvalue weighted by molar-refractivity contribution is -0.384. The number of Topliss-reactive ketones (excluding diaryl/α,β-unsaturated/α-hetero) is 1. The number of rotatable bonds is 5. The first-order chi connectivity index (χ1) is 16.2. The van der Waals surface area contributed by atoms with Crippen LogP contribution in [-0.2, 0) is 10.5 Å². The number of ketones is 1. The molecule has 0 fully saturated rings. The van der Waals surface area contributed by atoms with Crippen molar-refractivity contribution in [1.82, 2.24) is 9.97 Å². The Morgan fingerprint density at radius 2 is 1.97 bits per heavy atom. The molecule has 0 radical (unpaired) electrons. The smallest absolute Gasteiger partial charge is 0.269 e. The van der Waals surface area contributed by atoms with Gasteiger partial charge in [-0.25, -0.2) is 4.98 Å². The van der Waals surface area contributed by atoms with Crippen molar-refractivity contribution < 1.29 is 9.72 Å². The van der Waals surface area contributed by atoms with E-state index in [0.29, 0.717) is 40.7 Å². The zero-order valence-corrected chi connectivity index (χ0v) is 20.2. The van der Waals surface area contributed by atoms with Crippen LogP contribution in [0.15, 0.2) is 63.0 Å². The molecule has 0 saturated carbocycles. The number of benzene rings is 1. The van der Waals surface area contributed by atoms with Crippen molar-refractivity contribution in [3.05, 3.63) is 89.5 Å². The molecule has 2 aliphatic rings. The lowest BCUT2D eigenvalue weighted by Gasteiger charge is -2.38. The van der Waals surface area contributed by atoms with E-state index in [1.807, 2.05) is 17.5 Å². The van der Waals surface area contributed by atoms with Crippen LogP contribution in [-0.4, -0.2) is 20.7 Å². The summed E-state index contributed by atoms with van der Waals surface area (Å²) in [7, 11) is 0. The number of carbonyl (C=O) groups excluding carboxylic acids is 1. The Balaban J connectivity index is 1.50. The molecule has 0 unspecified atom stereocenters. The molecular weight excluding hydrogens is 472 g/mol. The van der Waals surface area contributed by atoms with E-state index in [-0.39, 0.29) is 22.4 Å². The van der Waals surface area contributed by atoms with Crippen molar-refractivity contribution in [3.8, 4) is 0 Å². The Kier molecular flexibility index (Phi) is 5.65. The summed E-state index contributed by atoms with van der Waals surface area (Å²) in [6.45, 7) is 4.14. The number of nitrogens with one attached hydrogen (secondary N) is 2. The molecule has 34 heavy (non-hydrogen) atoms. The number of nitro groups is 1. The van der Waals surface area contributed by atoms with E-state index in [9.17, 15) is 19.7 Å². The van der Waals surface area contributed by atoms with Gasteiger partial charge in [0.1, 0.15) is 5.82 Å². The van der Waals surface area contributed by atoms with Crippen molar-refractivity contribution in [2.75, 3.05) is 5.32 Å². The molecule has 3 heterocycles. The lowest BCUT2D eigenvalue weighted by atomic mass is 9.70. The van der Waals surface area contributed by atoms with Crippen LogP contribution in [0.5, 0.6) is 0 Å². The number of H-pyrrole nitrogens is 1. The van der Waals surface area contributed by atoms with Crippen LogP contribution >= 0.6 is 23.1 Å². The molecule has 1 aliphatic heterocycles. The molecule has 10 heteroatoms. The van der Waals surface area contributed by atoms with Crippen LogP contribution in [0.4, 0.5) is 11.5 Å². The Bertz CT molecular complexity index is 1370. The van der Waals surface area contributed by atoms with Gasteiger partial charge in [-0.15, -0.1) is 11.3 Å². The number of carbonyl (C=O) groups is 1. The first-order valence-electron chi connectivity index (χ1n) is 10.8. The topological polar surface area (TPSA) is 118 Å². The van der Waals surface area contributed by atoms with Crippen molar-refractivity contribution in [3.63, 3.8) is 0 Å². The molecule has 2 N–H and O–H groups in total. The van der Waals surface area contributed by atoms with Crippen LogP contribution in [0.1, 0.15) is 48.6 Å². The molecule has 174 valence electrons. The quantitative estimate of drug-likeness (QED) is 0.216. The van der Waals surface area contributed by atoms with E-state index in [0.717, 1.165) is 16.1 Å². The number of fused-ring (bicyclic) bond motifs is 1. The van der Waals surface area contributed by atoms with E-state index in [1.165, 1.54) is 35.2 Å². The van der Waals surface area contributed by atoms with Gasteiger partial charge in [0.05, 0.1) is 16.4 Å². The van der Waals surface area contributed by atoms with Gasteiger partial charge < -0.3 is 10.3 Å². The van der Waals surface area contributed by atoms with Crippen molar-refractivity contribution in [1.29, 1.82) is 0 Å². The molecular formula is C24H22N4O4S2. The highest BCUT2D eigenvalue weighted by Crippen LogP contribution is 2.48. The summed E-state index contributed by atoms with van der Waals surface area (Å²) in [5, 5.41) is 16.6. The molecule has 2 aromatic heterocycles. The third-order valence-corrected chi connectivity index (χ3v) is 7.93. The zero-order valence-electron chi connectivity index (χ0n) is 18.6. The van der Waals surface area contributed by atoms with Crippen molar-refractivity contribution in [2.45, 2.75) is 43.5 Å². The number of hydrogen-bond acceptors (Lipinski definition) is 8. The monoisotopic (exact) mass is 494 g/mol. The largest absolute Gasteiger partial charge is 0.343 e. The Morgan fingerprint density at radius 3 is 2.65 bits per heavy atom. The third-order valence-electron chi connectivity index (χ3n) is 6.05. The number of thioether (sulfide) groups is 1. The molecule has 3 aromatic rings. The highest BCUT2D eigenvalue weighted by atomic mass is 32.2. The Labute approximate surface area is 203 Å². The van der Waals surface area contributed by atoms with Crippen LogP contribution in [0, 0.1) is 15.5 Å². The average molecular weight is 495 g/mol. The number of anilines is 1. The number of aromatic nitrogens is 2. The van der Waals surface area contributed by atoms with E-state index in [2.05, 4.69) is 24.1 Å². The molecule has 0 saturated heterocycles. The van der Waals surface area contributed by atoms with Gasteiger partial charge in [0.2, 0.25) is 0 Å². The minimum atomic E-state index is -0.435. The average Bonchev–Trinajstić information content (AvgIpc) is 3.30. The minimum Gasteiger partial charge on any atom is -0.343 e. The van der Waals surface area contributed by atoms with Crippen molar-refractivity contribution in [2.24, 2.45) is 5.41 Å². The maximum absolute atomic E-state index is 13.3. The highest BCUT2D eigenvalue weighted by Gasteiger charge is 2.42. The summed E-state index contributed by atoms with van der Waals surface area (Å²) in [5.74, 6) is 0.615. The van der Waals surface area contributed by atoms with Gasteiger partial charge >= 0.3 is 0 Å². The van der Waals surface area contributed by atoms with Gasteiger partial charge in [-0.05, 0) is 28.8 Å². The van der Waals surface area contributed by atoms with E-state index in [1.54, 1.807) is 12.1 Å². The second kappa shape index (κ2) is 8.52. The molecule has 0 amide bonds. The summed E-state index contributed by atoms with van der Waals surface area (Å²) in [6, 6.07) is 10.2. The summed E-state index contributed by atoms with van der Waals surface area (Å²) in [6.07, 6.45) is 1.15. The van der Waals surface area contributed by atoms with E-state index < -0.39 is 10.8 Å². The zero-order chi connectivity index (χ0) is 24.0. The normalized spacial score (nSPS) is 18.8. The maximum atomic E-state index is 13.3. The Morgan fingerprint density at radius 1 is 1.21 bits per heavy atom. The number of aromatic amines is 1. The third kappa shape index (κ3) is 4.19. The van der Waals surface area contributed by atoms with E-state index >= 15 is 0 Å². The summed E-state index contributed by atoms with van der Waals surface area (Å²) < 4.78 is 0. The highest BCUT2D eigenvalue weighted by molar-refractivity contribution is 7.98. The molecule has 1 atom stereocenters. The van der Waals surface area contributed by atoms with Gasteiger partial charge in [-0.3, -0.25) is 19.7 Å². The minimum absolute atomic E-state index is 0.0342. The molecule has 8 nitrogen and oxygen atoms in total. The van der Waals surface area contributed by atoms with Crippen LogP contribution < -0.4 is 10.9 Å². The number of nitrogens with zero attached hydrogens (tertiary/aromatic N) is 2. The van der Waals surface area contributed by atoms with Gasteiger partial charge in [-0.2, -0.15) is 0 Å². The maximum Gasteiger partial charge on any atom is 0.269 e. The van der Waals surface area contributed by atoms with Gasteiger partial charge in [0.25, 0.3) is 11.2 Å². The molecule has 0 bridgehead atoms. The Hall–Kier alpha value is -3.24. The number of nitro benzene ring substituents is 1. The summed E-state index contributed by atoms with van der Waals surface area (Å²) in [5.41, 5.74) is 2.45. The first-order valence-corrected chi connectivity index (χ1v) is 12.7. The van der Waals surface area contributed by atoms with E-state index in [4.69, 9.17) is 4.98 Å². The standard InChI is InChI=1S/C24H22N4O4S2/c1-24(2)10-15-18(16(29)11-24)19(17-4-3-9-33-17)20-21(25-15)26-23(27-22(20)30)34-12-13-5-7-14(8-6-13)28(31)32/h3-9,19H,10-12H2,1-2H3,(H2,25,26,27,30)/t19-/m1/s1. The number of hydrogen-bond donors (Lipinski definition) is 2. The molecule has 0 spiro atoms. The first kappa shape index (κ1) is 22.5. The van der Waals surface area contributed by atoms with Gasteiger partial charge in [0, 0.05) is 40.5 Å². The lowest BCUT2D eigenvalue weighted by Crippen LogP contribution is -2.36. The fourth-order valence-corrected chi connectivity index (χ4v) is 6.23.